The monoisotopic (exact) mass is 448 g/mol. The van der Waals surface area contributed by atoms with E-state index in [4.69, 9.17) is 9.47 Å². The number of hydrogen-bond acceptors (Lipinski definition) is 5. The maximum Gasteiger partial charge on any atom is 0.416 e. The van der Waals surface area contributed by atoms with Gasteiger partial charge in [-0.3, -0.25) is 4.79 Å². The van der Waals surface area contributed by atoms with Crippen LogP contribution in [-0.4, -0.2) is 17.0 Å². The summed E-state index contributed by atoms with van der Waals surface area (Å²) in [4.78, 5) is 16.6. The van der Waals surface area contributed by atoms with Crippen molar-refractivity contribution in [2.24, 2.45) is 5.92 Å². The highest BCUT2D eigenvalue weighted by Crippen LogP contribution is 2.35. The van der Waals surface area contributed by atoms with Crippen LogP contribution in [0.2, 0.25) is 0 Å². The van der Waals surface area contributed by atoms with Crippen LogP contribution < -0.4 is 14.8 Å². The van der Waals surface area contributed by atoms with Crippen LogP contribution in [-0.2, 0) is 11.0 Å². The van der Waals surface area contributed by atoms with Crippen LogP contribution in [0.3, 0.4) is 0 Å². The number of anilines is 1. The van der Waals surface area contributed by atoms with E-state index in [2.05, 4.69) is 10.3 Å². The van der Waals surface area contributed by atoms with Crippen molar-refractivity contribution in [3.63, 3.8) is 0 Å². The number of carbonyl (C=O) groups is 1. The van der Waals surface area contributed by atoms with E-state index in [9.17, 15) is 18.0 Å². The molecule has 1 saturated carbocycles. The van der Waals surface area contributed by atoms with E-state index in [1.807, 2.05) is 18.4 Å². The molecular formula is C22H19F3N2O3S. The number of benzene rings is 2. The molecule has 3 aromatic rings. The van der Waals surface area contributed by atoms with Gasteiger partial charge in [0.2, 0.25) is 5.91 Å². The molecule has 0 atom stereocenters. The summed E-state index contributed by atoms with van der Waals surface area (Å²) in [5.41, 5.74) is 0.815. The number of halogens is 3. The zero-order valence-corrected chi connectivity index (χ0v) is 17.3. The van der Waals surface area contributed by atoms with E-state index in [0.717, 1.165) is 17.7 Å². The van der Waals surface area contributed by atoms with Crippen molar-refractivity contribution < 1.29 is 27.4 Å². The highest BCUT2D eigenvalue weighted by atomic mass is 32.1. The predicted molar refractivity (Wildman–Crippen MR) is 111 cm³/mol. The molecule has 5 nitrogen and oxygen atoms in total. The van der Waals surface area contributed by atoms with E-state index in [0.29, 0.717) is 35.2 Å². The van der Waals surface area contributed by atoms with Gasteiger partial charge in [0.15, 0.2) is 0 Å². The highest BCUT2D eigenvalue weighted by molar-refractivity contribution is 7.11. The zero-order valence-electron chi connectivity index (χ0n) is 16.5. The molecule has 0 radical (unpaired) electrons. The summed E-state index contributed by atoms with van der Waals surface area (Å²) in [7, 11) is 0. The number of carbonyl (C=O) groups excluding carboxylic acids is 1. The largest absolute Gasteiger partial charge is 0.490 e. The van der Waals surface area contributed by atoms with Crippen LogP contribution in [0.4, 0.5) is 18.9 Å². The van der Waals surface area contributed by atoms with E-state index in [-0.39, 0.29) is 17.9 Å². The molecule has 1 N–H and O–H groups in total. The van der Waals surface area contributed by atoms with Crippen molar-refractivity contribution in [3.05, 3.63) is 65.2 Å². The maximum atomic E-state index is 12.6. The SMILES string of the molecule is Cc1cc(NC(=O)C2CC(Oc3ccc(C(F)(F)F)cc3)C2)ccc1Oc1nccs1. The zero-order chi connectivity index (χ0) is 22.0. The number of rotatable bonds is 6. The maximum absolute atomic E-state index is 12.6. The van der Waals surface area contributed by atoms with E-state index < -0.39 is 11.7 Å². The lowest BCUT2D eigenvalue weighted by Crippen LogP contribution is -2.40. The van der Waals surface area contributed by atoms with Crippen LogP contribution >= 0.6 is 11.3 Å². The Bertz CT molecular complexity index is 1050. The first kappa shape index (κ1) is 21.2. The summed E-state index contributed by atoms with van der Waals surface area (Å²) in [6.45, 7) is 1.88. The molecule has 1 aliphatic carbocycles. The molecule has 0 aliphatic heterocycles. The molecular weight excluding hydrogens is 429 g/mol. The Hall–Kier alpha value is -3.07. The Morgan fingerprint density at radius 1 is 1.16 bits per heavy atom. The van der Waals surface area contributed by atoms with Gasteiger partial charge < -0.3 is 14.8 Å². The highest BCUT2D eigenvalue weighted by Gasteiger charge is 2.36. The van der Waals surface area contributed by atoms with Crippen LogP contribution in [0.25, 0.3) is 0 Å². The Morgan fingerprint density at radius 2 is 1.90 bits per heavy atom. The molecule has 0 bridgehead atoms. The van der Waals surface area contributed by atoms with Crippen molar-refractivity contribution in [1.29, 1.82) is 0 Å². The summed E-state index contributed by atoms with van der Waals surface area (Å²) in [6.07, 6.45) is -1.88. The first-order chi connectivity index (χ1) is 14.8. The van der Waals surface area contributed by atoms with E-state index in [1.165, 1.54) is 23.5 Å². The number of hydrogen-bond donors (Lipinski definition) is 1. The quantitative estimate of drug-likeness (QED) is 0.498. The number of alkyl halides is 3. The number of nitrogens with one attached hydrogen (secondary N) is 1. The molecule has 1 heterocycles. The molecule has 0 saturated heterocycles. The van der Waals surface area contributed by atoms with E-state index >= 15 is 0 Å². The minimum atomic E-state index is -4.37. The number of amides is 1. The van der Waals surface area contributed by atoms with Gasteiger partial charge in [0.25, 0.3) is 5.19 Å². The van der Waals surface area contributed by atoms with Gasteiger partial charge in [-0.1, -0.05) is 11.3 Å². The van der Waals surface area contributed by atoms with Crippen molar-refractivity contribution >= 4 is 22.9 Å². The van der Waals surface area contributed by atoms with Crippen molar-refractivity contribution in [2.45, 2.75) is 32.0 Å². The molecule has 9 heteroatoms. The molecule has 4 rings (SSSR count). The molecule has 1 aliphatic rings. The molecule has 162 valence electrons. The minimum Gasteiger partial charge on any atom is -0.490 e. The van der Waals surface area contributed by atoms with Gasteiger partial charge in [0.1, 0.15) is 17.6 Å². The second-order valence-corrected chi connectivity index (χ2v) is 8.16. The van der Waals surface area contributed by atoms with Crippen molar-refractivity contribution in [2.75, 3.05) is 5.32 Å². The Labute approximate surface area is 180 Å². The van der Waals surface area contributed by atoms with Gasteiger partial charge in [0, 0.05) is 23.2 Å². The Morgan fingerprint density at radius 3 is 2.52 bits per heavy atom. The van der Waals surface area contributed by atoms with Gasteiger partial charge in [-0.2, -0.15) is 13.2 Å². The topological polar surface area (TPSA) is 60.5 Å². The average molecular weight is 448 g/mol. The number of ether oxygens (including phenoxy) is 2. The summed E-state index contributed by atoms with van der Waals surface area (Å²) in [6, 6.07) is 9.95. The normalized spacial score (nSPS) is 18.2. The molecule has 0 spiro atoms. The van der Waals surface area contributed by atoms with Crippen LogP contribution in [0.1, 0.15) is 24.0 Å². The second kappa shape index (κ2) is 8.58. The molecule has 0 unspecified atom stereocenters. The summed E-state index contributed by atoms with van der Waals surface area (Å²) in [5.74, 6) is 0.719. The van der Waals surface area contributed by atoms with Gasteiger partial charge >= 0.3 is 6.18 Å². The lowest BCUT2D eigenvalue weighted by Gasteiger charge is -2.34. The predicted octanol–water partition coefficient (Wildman–Crippen LogP) is 6.06. The summed E-state index contributed by atoms with van der Waals surface area (Å²) in [5, 5.41) is 5.27. The fraction of sp³-hybridized carbons (Fsp3) is 0.273. The lowest BCUT2D eigenvalue weighted by molar-refractivity contribution is -0.137. The van der Waals surface area contributed by atoms with Crippen molar-refractivity contribution in [1.82, 2.24) is 4.98 Å². The minimum absolute atomic E-state index is 0.111. The third kappa shape index (κ3) is 5.16. The van der Waals surface area contributed by atoms with Gasteiger partial charge in [-0.05, 0) is 67.8 Å². The van der Waals surface area contributed by atoms with Crippen LogP contribution in [0.5, 0.6) is 16.7 Å². The average Bonchev–Trinajstić information content (AvgIpc) is 3.19. The third-order valence-corrected chi connectivity index (χ3v) is 5.65. The fourth-order valence-corrected chi connectivity index (χ4v) is 3.73. The molecule has 31 heavy (non-hydrogen) atoms. The Kier molecular flexibility index (Phi) is 5.86. The van der Waals surface area contributed by atoms with Gasteiger partial charge in [-0.15, -0.1) is 0 Å². The number of thiazole rings is 1. The van der Waals surface area contributed by atoms with Crippen LogP contribution in [0, 0.1) is 12.8 Å². The van der Waals surface area contributed by atoms with Crippen LogP contribution in [0.15, 0.2) is 54.0 Å². The summed E-state index contributed by atoms with van der Waals surface area (Å²) < 4.78 is 49.2. The van der Waals surface area contributed by atoms with Crippen molar-refractivity contribution in [3.8, 4) is 16.7 Å². The second-order valence-electron chi connectivity index (χ2n) is 7.30. The number of aromatic nitrogens is 1. The molecule has 1 amide bonds. The first-order valence-corrected chi connectivity index (χ1v) is 10.5. The number of nitrogens with zero attached hydrogens (tertiary/aromatic N) is 1. The van der Waals surface area contributed by atoms with E-state index in [1.54, 1.807) is 18.3 Å². The molecule has 1 fully saturated rings. The van der Waals surface area contributed by atoms with Gasteiger partial charge in [0.05, 0.1) is 5.56 Å². The third-order valence-electron chi connectivity index (χ3n) is 5.00. The fourth-order valence-electron chi connectivity index (χ4n) is 3.23. The standard InChI is InChI=1S/C22H19F3N2O3S/c1-13-10-16(4-7-19(13)30-21-26-8-9-31-21)27-20(28)14-11-18(12-14)29-17-5-2-15(3-6-17)22(23,24)25/h2-10,14,18H,11-12H2,1H3,(H,27,28). The van der Waals surface area contributed by atoms with Gasteiger partial charge in [-0.25, -0.2) is 4.98 Å². The molecule has 1 aromatic heterocycles. The Balaban J connectivity index is 1.26. The molecule has 2 aromatic carbocycles. The first-order valence-electron chi connectivity index (χ1n) is 9.61. The lowest BCUT2D eigenvalue weighted by atomic mass is 9.81. The smallest absolute Gasteiger partial charge is 0.416 e. The summed E-state index contributed by atoms with van der Waals surface area (Å²) >= 11 is 1.39. The number of aryl methyl sites for hydroxylation is 1.